The summed E-state index contributed by atoms with van der Waals surface area (Å²) >= 11 is 0. The molecule has 5 nitrogen and oxygen atoms in total. The molecule has 0 amide bonds. The Balaban J connectivity index is 3.37. The van der Waals surface area contributed by atoms with Crippen molar-refractivity contribution in [3.8, 4) is 0 Å². The van der Waals surface area contributed by atoms with E-state index in [4.69, 9.17) is 10.6 Å². The topological polar surface area (TPSA) is 71.7 Å². The molecule has 0 saturated carbocycles. The summed E-state index contributed by atoms with van der Waals surface area (Å²) in [7, 11) is 1.68. The van der Waals surface area contributed by atoms with Crippen LogP contribution in [0.3, 0.4) is 0 Å². The number of hydrazine groups is 1. The van der Waals surface area contributed by atoms with Gasteiger partial charge in [0.1, 0.15) is 0 Å². The Morgan fingerprint density at radius 1 is 1.05 bits per heavy atom. The van der Waals surface area contributed by atoms with Gasteiger partial charge in [0.25, 0.3) is 0 Å². The van der Waals surface area contributed by atoms with Crippen LogP contribution in [0.5, 0.6) is 0 Å². The average molecular weight is 272 g/mol. The fourth-order valence-corrected chi connectivity index (χ4v) is 1.86. The molecule has 0 atom stereocenters. The van der Waals surface area contributed by atoms with Crippen LogP contribution in [-0.4, -0.2) is 32.8 Å². The highest BCUT2D eigenvalue weighted by Gasteiger charge is 1.95. The molecule has 0 bridgehead atoms. The van der Waals surface area contributed by atoms with Crippen LogP contribution in [-0.2, 0) is 4.74 Å². The van der Waals surface area contributed by atoms with Gasteiger partial charge in [-0.2, -0.15) is 0 Å². The van der Waals surface area contributed by atoms with E-state index in [-0.39, 0.29) is 0 Å². The second-order valence-corrected chi connectivity index (χ2v) is 4.77. The maximum Gasteiger partial charge on any atom is 0.205 e. The number of guanidine groups is 1. The average Bonchev–Trinajstić information content (AvgIpc) is 2.43. The highest BCUT2D eigenvalue weighted by atomic mass is 16.5. The first kappa shape index (κ1) is 18.2. The van der Waals surface area contributed by atoms with Crippen LogP contribution in [0.1, 0.15) is 58.3 Å². The van der Waals surface area contributed by atoms with Crippen LogP contribution in [0.2, 0.25) is 0 Å². The quantitative estimate of drug-likeness (QED) is 0.167. The number of nitrogens with one attached hydrogen (secondary N) is 2. The smallest absolute Gasteiger partial charge is 0.205 e. The van der Waals surface area contributed by atoms with E-state index < -0.39 is 0 Å². The second-order valence-electron chi connectivity index (χ2n) is 4.77. The number of aliphatic imine (C=N–C) groups is 1. The standard InChI is InChI=1S/C14H32N4O/c1-3-4-5-6-7-8-9-10-11-16-14(18-15)17-12-13-19-2/h3-13,15H2,1-2H3,(H2,16,17,18). The molecule has 0 radical (unpaired) electrons. The Kier molecular flexibility index (Phi) is 14.6. The van der Waals surface area contributed by atoms with Gasteiger partial charge in [0, 0.05) is 20.2 Å². The summed E-state index contributed by atoms with van der Waals surface area (Å²) in [4.78, 5) is 4.38. The monoisotopic (exact) mass is 272 g/mol. The van der Waals surface area contributed by atoms with E-state index in [0.717, 1.165) is 19.5 Å². The summed E-state index contributed by atoms with van der Waals surface area (Å²) in [5.74, 6) is 6.03. The molecule has 0 aliphatic carbocycles. The SMILES string of the molecule is CCCCCCCCCCN=C(NN)NCCOC. The third kappa shape index (κ3) is 13.4. The summed E-state index contributed by atoms with van der Waals surface area (Å²) in [6, 6.07) is 0. The number of methoxy groups -OCH3 is 1. The molecular weight excluding hydrogens is 240 g/mol. The van der Waals surface area contributed by atoms with Gasteiger partial charge in [0.2, 0.25) is 5.96 Å². The fraction of sp³-hybridized carbons (Fsp3) is 0.929. The van der Waals surface area contributed by atoms with Gasteiger partial charge in [0.05, 0.1) is 6.61 Å². The summed E-state index contributed by atoms with van der Waals surface area (Å²) < 4.78 is 4.95. The van der Waals surface area contributed by atoms with E-state index in [0.29, 0.717) is 12.6 Å². The third-order valence-electron chi connectivity index (χ3n) is 3.02. The zero-order valence-corrected chi connectivity index (χ0v) is 12.7. The molecule has 0 aromatic carbocycles. The van der Waals surface area contributed by atoms with Crippen molar-refractivity contribution in [1.82, 2.24) is 10.7 Å². The molecule has 19 heavy (non-hydrogen) atoms. The molecule has 0 rings (SSSR count). The number of unbranched alkanes of at least 4 members (excludes halogenated alkanes) is 7. The lowest BCUT2D eigenvalue weighted by Crippen LogP contribution is -2.42. The van der Waals surface area contributed by atoms with Crippen molar-refractivity contribution in [3.05, 3.63) is 0 Å². The first-order valence-corrected chi connectivity index (χ1v) is 7.59. The lowest BCUT2D eigenvalue weighted by atomic mass is 10.1. The number of hydrogen-bond acceptors (Lipinski definition) is 3. The van der Waals surface area contributed by atoms with E-state index in [9.17, 15) is 0 Å². The molecule has 0 aliphatic heterocycles. The van der Waals surface area contributed by atoms with Gasteiger partial charge in [-0.1, -0.05) is 51.9 Å². The number of nitrogens with zero attached hydrogens (tertiary/aromatic N) is 1. The summed E-state index contributed by atoms with van der Waals surface area (Å²) in [6.45, 7) is 4.45. The number of hydrogen-bond donors (Lipinski definition) is 3. The first-order chi connectivity index (χ1) is 9.35. The predicted molar refractivity (Wildman–Crippen MR) is 82.1 cm³/mol. The molecule has 0 saturated heterocycles. The minimum Gasteiger partial charge on any atom is -0.383 e. The van der Waals surface area contributed by atoms with Crippen molar-refractivity contribution in [2.75, 3.05) is 26.8 Å². The molecule has 0 fully saturated rings. The lowest BCUT2D eigenvalue weighted by Gasteiger charge is -2.08. The highest BCUT2D eigenvalue weighted by Crippen LogP contribution is 2.08. The van der Waals surface area contributed by atoms with Gasteiger partial charge < -0.3 is 10.1 Å². The Labute approximate surface area is 118 Å². The van der Waals surface area contributed by atoms with E-state index in [1.807, 2.05) is 0 Å². The van der Waals surface area contributed by atoms with Gasteiger partial charge >= 0.3 is 0 Å². The molecule has 4 N–H and O–H groups in total. The molecule has 0 aliphatic rings. The van der Waals surface area contributed by atoms with Gasteiger partial charge in [-0.25, -0.2) is 5.84 Å². The van der Waals surface area contributed by atoms with Gasteiger partial charge in [-0.15, -0.1) is 0 Å². The van der Waals surface area contributed by atoms with Crippen molar-refractivity contribution in [2.24, 2.45) is 10.8 Å². The van der Waals surface area contributed by atoms with Crippen LogP contribution in [0.4, 0.5) is 0 Å². The van der Waals surface area contributed by atoms with Gasteiger partial charge in [-0.05, 0) is 6.42 Å². The molecule has 0 heterocycles. The van der Waals surface area contributed by atoms with Crippen molar-refractivity contribution >= 4 is 5.96 Å². The Morgan fingerprint density at radius 2 is 1.68 bits per heavy atom. The summed E-state index contributed by atoms with van der Waals surface area (Å²) in [6.07, 6.45) is 10.5. The van der Waals surface area contributed by atoms with Crippen LogP contribution >= 0.6 is 0 Å². The van der Waals surface area contributed by atoms with Crippen molar-refractivity contribution in [1.29, 1.82) is 0 Å². The first-order valence-electron chi connectivity index (χ1n) is 7.59. The Bertz CT molecular complexity index is 210. The summed E-state index contributed by atoms with van der Waals surface area (Å²) in [5.41, 5.74) is 2.57. The second kappa shape index (κ2) is 15.2. The fourth-order valence-electron chi connectivity index (χ4n) is 1.86. The molecular formula is C14H32N4O. The number of rotatable bonds is 12. The maximum absolute atomic E-state index is 5.38. The van der Waals surface area contributed by atoms with Crippen LogP contribution < -0.4 is 16.6 Å². The van der Waals surface area contributed by atoms with Gasteiger partial charge in [0.15, 0.2) is 0 Å². The van der Waals surface area contributed by atoms with E-state index in [1.165, 1.54) is 44.9 Å². The minimum absolute atomic E-state index is 0.651. The minimum atomic E-state index is 0.651. The molecule has 0 spiro atoms. The number of ether oxygens (including phenoxy) is 1. The van der Waals surface area contributed by atoms with Crippen molar-refractivity contribution in [3.63, 3.8) is 0 Å². The van der Waals surface area contributed by atoms with Crippen LogP contribution in [0, 0.1) is 0 Å². The van der Waals surface area contributed by atoms with Crippen LogP contribution in [0.25, 0.3) is 0 Å². The maximum atomic E-state index is 5.38. The largest absolute Gasteiger partial charge is 0.383 e. The predicted octanol–water partition coefficient (Wildman–Crippen LogP) is 2.18. The van der Waals surface area contributed by atoms with Crippen molar-refractivity contribution in [2.45, 2.75) is 58.3 Å². The zero-order chi connectivity index (χ0) is 14.2. The van der Waals surface area contributed by atoms with Crippen molar-refractivity contribution < 1.29 is 4.74 Å². The third-order valence-corrected chi connectivity index (χ3v) is 3.02. The van der Waals surface area contributed by atoms with Crippen LogP contribution in [0.15, 0.2) is 4.99 Å². The zero-order valence-electron chi connectivity index (χ0n) is 12.7. The highest BCUT2D eigenvalue weighted by molar-refractivity contribution is 5.79. The van der Waals surface area contributed by atoms with E-state index in [2.05, 4.69) is 22.7 Å². The van der Waals surface area contributed by atoms with E-state index >= 15 is 0 Å². The molecule has 5 heteroatoms. The van der Waals surface area contributed by atoms with E-state index in [1.54, 1.807) is 7.11 Å². The summed E-state index contributed by atoms with van der Waals surface area (Å²) in [5, 5.41) is 3.08. The van der Waals surface area contributed by atoms with Gasteiger partial charge in [-0.3, -0.25) is 10.4 Å². The Hall–Kier alpha value is -0.810. The number of nitrogens with two attached hydrogens (primary N) is 1. The molecule has 0 aromatic rings. The normalized spacial score (nSPS) is 11.6. The lowest BCUT2D eigenvalue weighted by molar-refractivity contribution is 0.203. The Morgan fingerprint density at radius 3 is 2.26 bits per heavy atom. The molecule has 0 unspecified atom stereocenters. The molecule has 0 aromatic heterocycles. The molecule has 114 valence electrons.